The molecule has 0 aliphatic rings. The number of nitrogens with zero attached hydrogens (tertiary/aromatic N) is 1. The average Bonchev–Trinajstić information content (AvgIpc) is 2.81. The number of rotatable bonds is 10. The fourth-order valence-electron chi connectivity index (χ4n) is 3.98. The minimum atomic E-state index is -1.13. The minimum Gasteiger partial charge on any atom is -0.508 e. The minimum absolute atomic E-state index is 0.101. The Bertz CT molecular complexity index is 1080. The number of aromatic hydroxyl groups is 1. The first-order chi connectivity index (χ1) is 17.4. The van der Waals surface area contributed by atoms with E-state index < -0.39 is 35.6 Å². The largest absolute Gasteiger partial charge is 0.508 e. The molecule has 8 nitrogen and oxygen atoms in total. The predicted octanol–water partition coefficient (Wildman–Crippen LogP) is 5.18. The lowest BCUT2D eigenvalue weighted by Crippen LogP contribution is -2.52. The molecule has 37 heavy (non-hydrogen) atoms. The fourth-order valence-corrected chi connectivity index (χ4v) is 4.45. The quantitative estimate of drug-likeness (QED) is 0.391. The molecule has 3 amide bonds. The summed E-state index contributed by atoms with van der Waals surface area (Å²) in [4.78, 5) is 41.6. The number of para-hydroxylation sites is 2. The Labute approximate surface area is 224 Å². The summed E-state index contributed by atoms with van der Waals surface area (Å²) >= 11 is 1.54. The van der Waals surface area contributed by atoms with Crippen LogP contribution < -0.4 is 10.6 Å². The Morgan fingerprint density at radius 1 is 1.05 bits per heavy atom. The van der Waals surface area contributed by atoms with Crippen LogP contribution in [0.2, 0.25) is 0 Å². The van der Waals surface area contributed by atoms with Crippen molar-refractivity contribution in [2.24, 2.45) is 0 Å². The third-order valence-electron chi connectivity index (χ3n) is 5.74. The van der Waals surface area contributed by atoms with Crippen molar-refractivity contribution in [1.82, 2.24) is 10.2 Å². The number of benzene rings is 2. The normalized spacial score (nSPS) is 12.8. The highest BCUT2D eigenvalue weighted by molar-refractivity contribution is 7.98. The highest BCUT2D eigenvalue weighted by Crippen LogP contribution is 2.31. The van der Waals surface area contributed by atoms with Crippen LogP contribution in [0.3, 0.4) is 0 Å². The summed E-state index contributed by atoms with van der Waals surface area (Å²) in [5, 5.41) is 16.3. The zero-order valence-corrected chi connectivity index (χ0v) is 23.6. The molecule has 0 fully saturated rings. The highest BCUT2D eigenvalue weighted by atomic mass is 32.2. The molecule has 0 heterocycles. The number of ether oxygens (including phenoxy) is 1. The number of carbonyl (C=O) groups is 3. The number of aryl methyl sites for hydroxylation is 2. The van der Waals surface area contributed by atoms with E-state index in [2.05, 4.69) is 10.6 Å². The molecule has 0 aliphatic carbocycles. The van der Waals surface area contributed by atoms with Crippen LogP contribution in [0.15, 0.2) is 42.5 Å². The number of anilines is 1. The second-order valence-electron chi connectivity index (χ2n) is 9.82. The van der Waals surface area contributed by atoms with Crippen LogP contribution in [0.4, 0.5) is 10.5 Å². The van der Waals surface area contributed by atoms with E-state index >= 15 is 0 Å². The Morgan fingerprint density at radius 2 is 1.68 bits per heavy atom. The van der Waals surface area contributed by atoms with E-state index in [1.165, 1.54) is 11.0 Å². The van der Waals surface area contributed by atoms with Crippen molar-refractivity contribution in [3.63, 3.8) is 0 Å². The summed E-state index contributed by atoms with van der Waals surface area (Å²) in [6.07, 6.45) is 1.55. The first kappa shape index (κ1) is 30.0. The fraction of sp³-hybridized carbons (Fsp3) is 0.464. The van der Waals surface area contributed by atoms with E-state index in [1.807, 2.05) is 38.3 Å². The van der Waals surface area contributed by atoms with E-state index in [1.54, 1.807) is 57.7 Å². The molecule has 2 atom stereocenters. The van der Waals surface area contributed by atoms with Crippen molar-refractivity contribution < 1.29 is 24.2 Å². The number of carbonyl (C=O) groups excluding carboxylic acids is 3. The van der Waals surface area contributed by atoms with Crippen molar-refractivity contribution in [1.29, 1.82) is 0 Å². The number of nitrogens with one attached hydrogen (secondary N) is 2. The molecule has 0 aromatic heterocycles. The monoisotopic (exact) mass is 529 g/mol. The third-order valence-corrected chi connectivity index (χ3v) is 6.39. The Balaban J connectivity index is 2.48. The number of thioether (sulfide) groups is 1. The lowest BCUT2D eigenvalue weighted by Gasteiger charge is -2.34. The maximum absolute atomic E-state index is 13.9. The molecule has 2 rings (SSSR count). The van der Waals surface area contributed by atoms with Crippen molar-refractivity contribution >= 4 is 35.4 Å². The molecule has 202 valence electrons. The number of amides is 3. The van der Waals surface area contributed by atoms with Gasteiger partial charge in [-0.15, -0.1) is 0 Å². The standard InChI is InChI=1S/C28H39N3O5S/c1-8-31(26(34)21(16-17-37-7)29-27(35)36-28(4,5)6)24(20-14-9-10-15-22(20)32)25(33)30-23-18(2)12-11-13-19(23)3/h9-15,21,24,32H,8,16-17H2,1-7H3,(H,29,35)(H,30,33). The number of hydrogen-bond acceptors (Lipinski definition) is 6. The van der Waals surface area contributed by atoms with Crippen molar-refractivity contribution in [3.05, 3.63) is 59.2 Å². The van der Waals surface area contributed by atoms with Gasteiger partial charge in [0.25, 0.3) is 5.91 Å². The Kier molecular flexibility index (Phi) is 10.9. The molecule has 0 saturated carbocycles. The average molecular weight is 530 g/mol. The highest BCUT2D eigenvalue weighted by Gasteiger charge is 2.36. The molecule has 2 unspecified atom stereocenters. The van der Waals surface area contributed by atoms with Crippen LogP contribution in [-0.2, 0) is 14.3 Å². The van der Waals surface area contributed by atoms with Gasteiger partial charge in [0.05, 0.1) is 0 Å². The second kappa shape index (κ2) is 13.4. The molecular formula is C28H39N3O5S. The van der Waals surface area contributed by atoms with Crippen LogP contribution in [0, 0.1) is 13.8 Å². The first-order valence-corrected chi connectivity index (χ1v) is 13.7. The molecule has 0 spiro atoms. The van der Waals surface area contributed by atoms with Gasteiger partial charge in [-0.3, -0.25) is 9.59 Å². The number of phenolic OH excluding ortho intramolecular Hbond substituents is 1. The molecule has 0 aliphatic heterocycles. The molecule has 3 N–H and O–H groups in total. The summed E-state index contributed by atoms with van der Waals surface area (Å²) < 4.78 is 5.38. The maximum atomic E-state index is 13.9. The van der Waals surface area contributed by atoms with Crippen LogP contribution >= 0.6 is 11.8 Å². The number of hydrogen-bond donors (Lipinski definition) is 3. The smallest absolute Gasteiger partial charge is 0.408 e. The number of phenols is 1. The lowest BCUT2D eigenvalue weighted by atomic mass is 10.0. The number of alkyl carbamates (subject to hydrolysis) is 1. The van der Waals surface area contributed by atoms with Crippen molar-refractivity contribution in [3.8, 4) is 5.75 Å². The van der Waals surface area contributed by atoms with Crippen molar-refractivity contribution in [2.45, 2.75) is 65.6 Å². The van der Waals surface area contributed by atoms with Crippen LogP contribution in [0.5, 0.6) is 5.75 Å². The maximum Gasteiger partial charge on any atom is 0.408 e. The predicted molar refractivity (Wildman–Crippen MR) is 149 cm³/mol. The summed E-state index contributed by atoms with van der Waals surface area (Å²) in [6.45, 7) is 11.0. The Morgan fingerprint density at radius 3 is 2.22 bits per heavy atom. The van der Waals surface area contributed by atoms with Gasteiger partial charge < -0.3 is 25.4 Å². The topological polar surface area (TPSA) is 108 Å². The van der Waals surface area contributed by atoms with Crippen LogP contribution in [-0.4, -0.2) is 58.1 Å². The van der Waals surface area contributed by atoms with Gasteiger partial charge in [0.15, 0.2) is 0 Å². The SMILES string of the molecule is CCN(C(=O)C(CCSC)NC(=O)OC(C)(C)C)C(C(=O)Nc1c(C)cccc1C)c1ccccc1O. The molecular weight excluding hydrogens is 490 g/mol. The third kappa shape index (κ3) is 8.42. The van der Waals surface area contributed by atoms with E-state index in [9.17, 15) is 19.5 Å². The summed E-state index contributed by atoms with van der Waals surface area (Å²) in [5.41, 5.74) is 1.97. The van der Waals surface area contributed by atoms with Gasteiger partial charge in [0, 0.05) is 17.8 Å². The Hall–Kier alpha value is -3.20. The van der Waals surface area contributed by atoms with Gasteiger partial charge in [-0.1, -0.05) is 36.4 Å². The molecule has 0 bridgehead atoms. The molecule has 9 heteroatoms. The van der Waals surface area contributed by atoms with E-state index in [-0.39, 0.29) is 12.3 Å². The molecule has 2 aromatic carbocycles. The van der Waals surface area contributed by atoms with E-state index in [4.69, 9.17) is 4.74 Å². The van der Waals surface area contributed by atoms with Gasteiger partial charge in [-0.05, 0) is 77.2 Å². The van der Waals surface area contributed by atoms with Gasteiger partial charge >= 0.3 is 6.09 Å². The van der Waals surface area contributed by atoms with Crippen LogP contribution in [0.25, 0.3) is 0 Å². The van der Waals surface area contributed by atoms with Gasteiger partial charge in [-0.2, -0.15) is 11.8 Å². The molecule has 2 aromatic rings. The molecule has 0 saturated heterocycles. The lowest BCUT2D eigenvalue weighted by molar-refractivity contribution is -0.140. The van der Waals surface area contributed by atoms with E-state index in [0.29, 0.717) is 23.4 Å². The summed E-state index contributed by atoms with van der Waals surface area (Å²) in [5.74, 6) is -0.391. The second-order valence-corrected chi connectivity index (χ2v) is 10.8. The number of likely N-dealkylation sites (N-methyl/N-ethyl adjacent to an activating group) is 1. The summed E-state index contributed by atoms with van der Waals surface area (Å²) in [7, 11) is 0. The zero-order chi connectivity index (χ0) is 27.8. The molecule has 0 radical (unpaired) electrons. The zero-order valence-electron chi connectivity index (χ0n) is 22.8. The van der Waals surface area contributed by atoms with E-state index in [0.717, 1.165) is 11.1 Å². The van der Waals surface area contributed by atoms with Crippen LogP contribution in [0.1, 0.15) is 56.8 Å². The van der Waals surface area contributed by atoms with Crippen molar-refractivity contribution in [2.75, 3.05) is 23.9 Å². The van der Waals surface area contributed by atoms with Gasteiger partial charge in [0.1, 0.15) is 23.4 Å². The van der Waals surface area contributed by atoms with Gasteiger partial charge in [-0.25, -0.2) is 4.79 Å². The van der Waals surface area contributed by atoms with Gasteiger partial charge in [0.2, 0.25) is 5.91 Å². The summed E-state index contributed by atoms with van der Waals surface area (Å²) in [6, 6.07) is 10.1. The first-order valence-electron chi connectivity index (χ1n) is 12.3.